The van der Waals surface area contributed by atoms with E-state index in [4.69, 9.17) is 9.94 Å². The first kappa shape index (κ1) is 11.0. The van der Waals surface area contributed by atoms with Crippen LogP contribution in [0.15, 0.2) is 5.16 Å². The number of rotatable bonds is 1. The second-order valence-corrected chi connectivity index (χ2v) is 4.41. The molecule has 1 aliphatic rings. The number of oxime groups is 1. The van der Waals surface area contributed by atoms with Crippen molar-refractivity contribution < 1.29 is 14.7 Å². The molecule has 0 aromatic heterocycles. The molecule has 2 unspecified atom stereocenters. The molecule has 0 bridgehead atoms. The van der Waals surface area contributed by atoms with E-state index in [0.717, 1.165) is 12.8 Å². The molecule has 4 heteroatoms. The Kier molecular flexibility index (Phi) is 3.13. The summed E-state index contributed by atoms with van der Waals surface area (Å²) in [4.78, 5) is 11.5. The number of methoxy groups -OCH3 is 1. The Hall–Kier alpha value is -1.06. The third-order valence-corrected chi connectivity index (χ3v) is 2.80. The quantitative estimate of drug-likeness (QED) is 0.398. The summed E-state index contributed by atoms with van der Waals surface area (Å²) in [6.07, 6.45) is 2.06. The van der Waals surface area contributed by atoms with E-state index in [0.29, 0.717) is 18.1 Å². The summed E-state index contributed by atoms with van der Waals surface area (Å²) in [7, 11) is 1.39. The van der Waals surface area contributed by atoms with E-state index >= 15 is 0 Å². The average Bonchev–Trinajstić information content (AvgIpc) is 2.15. The van der Waals surface area contributed by atoms with Crippen LogP contribution >= 0.6 is 0 Å². The molecule has 1 N–H and O–H groups in total. The number of carbonyl (C=O) groups excluding carboxylic acids is 1. The van der Waals surface area contributed by atoms with Crippen LogP contribution in [0.25, 0.3) is 0 Å². The summed E-state index contributed by atoms with van der Waals surface area (Å²) in [5, 5.41) is 12.0. The largest absolute Gasteiger partial charge is 0.469 e. The Bertz CT molecular complexity index is 262. The molecule has 0 aliphatic heterocycles. The molecule has 0 saturated heterocycles. The van der Waals surface area contributed by atoms with Crippen molar-refractivity contribution in [3.63, 3.8) is 0 Å². The summed E-state index contributed by atoms with van der Waals surface area (Å²) in [5.74, 6) is 0.143. The molecule has 1 aliphatic carbocycles. The molecule has 14 heavy (non-hydrogen) atoms. The van der Waals surface area contributed by atoms with Crippen LogP contribution in [0.3, 0.4) is 0 Å². The summed E-state index contributed by atoms with van der Waals surface area (Å²) in [5.41, 5.74) is 0.171. The fraction of sp³-hybridized carbons (Fsp3) is 0.800. The molecule has 1 fully saturated rings. The smallest absolute Gasteiger partial charge is 0.311 e. The van der Waals surface area contributed by atoms with Crippen molar-refractivity contribution in [3.8, 4) is 0 Å². The van der Waals surface area contributed by atoms with Crippen LogP contribution in [0.1, 0.15) is 33.1 Å². The third kappa shape index (κ3) is 2.05. The molecule has 80 valence electrons. The zero-order chi connectivity index (χ0) is 10.8. The number of hydrogen-bond acceptors (Lipinski definition) is 4. The maximum atomic E-state index is 11.5. The van der Waals surface area contributed by atoms with Crippen molar-refractivity contribution in [2.45, 2.75) is 33.1 Å². The van der Waals surface area contributed by atoms with Gasteiger partial charge in [0.15, 0.2) is 0 Å². The minimum atomic E-state index is -0.520. The Balaban J connectivity index is 2.83. The Morgan fingerprint density at radius 1 is 1.71 bits per heavy atom. The van der Waals surface area contributed by atoms with E-state index in [-0.39, 0.29) is 5.97 Å². The number of ether oxygens (including phenoxy) is 1. The van der Waals surface area contributed by atoms with E-state index in [9.17, 15) is 4.79 Å². The molecule has 0 aromatic carbocycles. The van der Waals surface area contributed by atoms with Gasteiger partial charge in [-0.25, -0.2) is 0 Å². The Labute approximate surface area is 83.9 Å². The van der Waals surface area contributed by atoms with Gasteiger partial charge in [-0.1, -0.05) is 12.1 Å². The van der Waals surface area contributed by atoms with Crippen LogP contribution in [-0.2, 0) is 9.53 Å². The highest BCUT2D eigenvalue weighted by Gasteiger charge is 2.41. The monoisotopic (exact) mass is 199 g/mol. The molecule has 1 saturated carbocycles. The van der Waals surface area contributed by atoms with Crippen molar-refractivity contribution in [2.75, 3.05) is 7.11 Å². The van der Waals surface area contributed by atoms with Crippen molar-refractivity contribution in [1.82, 2.24) is 0 Å². The van der Waals surface area contributed by atoms with Crippen LogP contribution in [0.5, 0.6) is 0 Å². The van der Waals surface area contributed by atoms with Gasteiger partial charge >= 0.3 is 5.97 Å². The van der Waals surface area contributed by atoms with Crippen LogP contribution < -0.4 is 0 Å². The zero-order valence-corrected chi connectivity index (χ0v) is 8.91. The lowest BCUT2D eigenvalue weighted by Gasteiger charge is -2.34. The maximum Gasteiger partial charge on any atom is 0.311 e. The summed E-state index contributed by atoms with van der Waals surface area (Å²) >= 11 is 0. The van der Waals surface area contributed by atoms with Gasteiger partial charge in [0.2, 0.25) is 0 Å². The molecule has 0 spiro atoms. The highest BCUT2D eigenvalue weighted by Crippen LogP contribution is 2.38. The minimum Gasteiger partial charge on any atom is -0.469 e. The highest BCUT2D eigenvalue weighted by molar-refractivity contribution is 5.91. The summed E-state index contributed by atoms with van der Waals surface area (Å²) in [6, 6.07) is 0. The van der Waals surface area contributed by atoms with E-state index in [1.165, 1.54) is 7.11 Å². The second-order valence-electron chi connectivity index (χ2n) is 4.41. The molecule has 0 radical (unpaired) electrons. The minimum absolute atomic E-state index is 0.217. The summed E-state index contributed by atoms with van der Waals surface area (Å²) < 4.78 is 4.76. The van der Waals surface area contributed by atoms with E-state index in [2.05, 4.69) is 5.16 Å². The molecule has 0 aromatic rings. The van der Waals surface area contributed by atoms with Crippen LogP contribution in [-0.4, -0.2) is 24.0 Å². The summed E-state index contributed by atoms with van der Waals surface area (Å²) in [6.45, 7) is 3.91. The standard InChI is InChI=1S/C10H17NO3/c1-7-4-8(11-13)6-10(2,5-7)9(12)14-3/h7,13H,4-6H2,1-3H3/b11-8+. The predicted molar refractivity (Wildman–Crippen MR) is 52.4 cm³/mol. The van der Waals surface area contributed by atoms with Gasteiger partial charge in [-0.05, 0) is 25.7 Å². The molecule has 1 rings (SSSR count). The lowest BCUT2D eigenvalue weighted by Crippen LogP contribution is -2.37. The number of carbonyl (C=O) groups is 1. The van der Waals surface area contributed by atoms with Gasteiger partial charge in [0.1, 0.15) is 0 Å². The van der Waals surface area contributed by atoms with E-state index in [1.807, 2.05) is 13.8 Å². The van der Waals surface area contributed by atoms with Crippen LogP contribution in [0, 0.1) is 11.3 Å². The fourth-order valence-corrected chi connectivity index (χ4v) is 2.32. The van der Waals surface area contributed by atoms with Gasteiger partial charge in [-0.2, -0.15) is 0 Å². The molecule has 0 amide bonds. The molecule has 4 nitrogen and oxygen atoms in total. The zero-order valence-electron chi connectivity index (χ0n) is 8.91. The molecular weight excluding hydrogens is 182 g/mol. The van der Waals surface area contributed by atoms with Crippen molar-refractivity contribution in [3.05, 3.63) is 0 Å². The predicted octanol–water partition coefficient (Wildman–Crippen LogP) is 1.82. The lowest BCUT2D eigenvalue weighted by atomic mass is 9.70. The van der Waals surface area contributed by atoms with Gasteiger partial charge in [-0.15, -0.1) is 0 Å². The first-order valence-electron chi connectivity index (χ1n) is 4.80. The van der Waals surface area contributed by atoms with Gasteiger partial charge in [0, 0.05) is 6.42 Å². The molecule has 2 atom stereocenters. The molecule has 0 heterocycles. The first-order chi connectivity index (χ1) is 6.51. The van der Waals surface area contributed by atoms with Crippen molar-refractivity contribution in [1.29, 1.82) is 0 Å². The lowest BCUT2D eigenvalue weighted by molar-refractivity contribution is -0.152. The topological polar surface area (TPSA) is 58.9 Å². The molecular formula is C10H17NO3. The van der Waals surface area contributed by atoms with Crippen molar-refractivity contribution >= 4 is 11.7 Å². The van der Waals surface area contributed by atoms with Gasteiger partial charge in [0.25, 0.3) is 0 Å². The normalized spacial score (nSPS) is 35.6. The second kappa shape index (κ2) is 3.98. The maximum absolute atomic E-state index is 11.5. The van der Waals surface area contributed by atoms with E-state index < -0.39 is 5.41 Å². The van der Waals surface area contributed by atoms with Crippen LogP contribution in [0.4, 0.5) is 0 Å². The SMILES string of the molecule is COC(=O)C1(C)C/C(=N/O)CC(C)C1. The van der Waals surface area contributed by atoms with Gasteiger partial charge < -0.3 is 9.94 Å². The number of esters is 1. The fourth-order valence-electron chi connectivity index (χ4n) is 2.32. The Morgan fingerprint density at radius 3 is 2.86 bits per heavy atom. The number of hydrogen-bond donors (Lipinski definition) is 1. The van der Waals surface area contributed by atoms with Crippen molar-refractivity contribution in [2.24, 2.45) is 16.5 Å². The van der Waals surface area contributed by atoms with Gasteiger partial charge in [0.05, 0.1) is 18.2 Å². The van der Waals surface area contributed by atoms with Gasteiger partial charge in [-0.3, -0.25) is 4.79 Å². The average molecular weight is 199 g/mol. The number of nitrogens with zero attached hydrogens (tertiary/aromatic N) is 1. The van der Waals surface area contributed by atoms with E-state index in [1.54, 1.807) is 0 Å². The third-order valence-electron chi connectivity index (χ3n) is 2.80. The highest BCUT2D eigenvalue weighted by atomic mass is 16.5. The van der Waals surface area contributed by atoms with Crippen LogP contribution in [0.2, 0.25) is 0 Å². The first-order valence-corrected chi connectivity index (χ1v) is 4.80. The Morgan fingerprint density at radius 2 is 2.36 bits per heavy atom.